The van der Waals surface area contributed by atoms with E-state index in [4.69, 9.17) is 33.2 Å². The Balaban J connectivity index is 1.87. The standard InChI is InChI=1S/C18H11Cl2N3O2S/c19-12-5-3-6-13(16(12)20)22-18-23-17(24)15(26-18)10-11-4-1-2-7-14(11)25-9-8-21/h1-7,10H,9H2,(H,22,23,24). The Morgan fingerprint density at radius 3 is 2.85 bits per heavy atom. The molecule has 0 aromatic heterocycles. The first-order valence-corrected chi connectivity index (χ1v) is 8.98. The van der Waals surface area contributed by atoms with Gasteiger partial charge in [-0.2, -0.15) is 5.26 Å². The second-order valence-corrected chi connectivity index (χ2v) is 6.86. The van der Waals surface area contributed by atoms with Crippen molar-refractivity contribution in [2.24, 2.45) is 4.99 Å². The van der Waals surface area contributed by atoms with E-state index in [-0.39, 0.29) is 12.5 Å². The van der Waals surface area contributed by atoms with Crippen molar-refractivity contribution in [3.63, 3.8) is 0 Å². The number of hydrogen-bond acceptors (Lipinski definition) is 5. The van der Waals surface area contributed by atoms with Crippen molar-refractivity contribution >= 4 is 57.8 Å². The second-order valence-electron chi connectivity index (χ2n) is 5.04. The number of rotatable bonds is 4. The molecule has 0 spiro atoms. The van der Waals surface area contributed by atoms with E-state index in [1.165, 1.54) is 11.8 Å². The van der Waals surface area contributed by atoms with Crippen LogP contribution in [0.2, 0.25) is 10.0 Å². The van der Waals surface area contributed by atoms with Crippen LogP contribution < -0.4 is 10.1 Å². The molecule has 0 atom stereocenters. The summed E-state index contributed by atoms with van der Waals surface area (Å²) in [5, 5.41) is 12.5. The molecule has 0 saturated carbocycles. The summed E-state index contributed by atoms with van der Waals surface area (Å²) in [7, 11) is 0. The molecule has 1 amide bonds. The number of carbonyl (C=O) groups is 1. The quantitative estimate of drug-likeness (QED) is 0.744. The number of para-hydroxylation sites is 1. The maximum absolute atomic E-state index is 12.2. The lowest BCUT2D eigenvalue weighted by molar-refractivity contribution is -0.115. The molecular formula is C18H11Cl2N3O2S. The lowest BCUT2D eigenvalue weighted by atomic mass is 10.2. The summed E-state index contributed by atoms with van der Waals surface area (Å²) in [6.07, 6.45) is 1.69. The normalized spacial score (nSPS) is 16.6. The third-order valence-electron chi connectivity index (χ3n) is 3.30. The molecule has 0 aliphatic carbocycles. The number of amidine groups is 1. The highest BCUT2D eigenvalue weighted by Gasteiger charge is 2.24. The zero-order valence-electron chi connectivity index (χ0n) is 13.2. The molecule has 1 heterocycles. The fourth-order valence-electron chi connectivity index (χ4n) is 2.15. The van der Waals surface area contributed by atoms with Gasteiger partial charge in [0.05, 0.1) is 20.6 Å². The number of nitrogens with zero attached hydrogens (tertiary/aromatic N) is 2. The summed E-state index contributed by atoms with van der Waals surface area (Å²) >= 11 is 13.3. The van der Waals surface area contributed by atoms with Crippen molar-refractivity contribution in [2.45, 2.75) is 0 Å². The van der Waals surface area contributed by atoms with Crippen molar-refractivity contribution in [1.29, 1.82) is 5.26 Å². The van der Waals surface area contributed by atoms with Gasteiger partial charge in [-0.1, -0.05) is 47.5 Å². The van der Waals surface area contributed by atoms with Gasteiger partial charge in [0, 0.05) is 5.56 Å². The van der Waals surface area contributed by atoms with Crippen LogP contribution in [0.4, 0.5) is 5.69 Å². The van der Waals surface area contributed by atoms with E-state index < -0.39 is 0 Å². The number of carbonyl (C=O) groups excluding carboxylic acids is 1. The molecule has 3 rings (SSSR count). The largest absolute Gasteiger partial charge is 0.478 e. The fraction of sp³-hybridized carbons (Fsp3) is 0.0556. The summed E-state index contributed by atoms with van der Waals surface area (Å²) in [6.45, 7) is -0.0699. The van der Waals surface area contributed by atoms with E-state index in [9.17, 15) is 4.79 Å². The van der Waals surface area contributed by atoms with Gasteiger partial charge in [0.1, 0.15) is 11.8 Å². The summed E-state index contributed by atoms with van der Waals surface area (Å²) in [5.74, 6) is 0.250. The first kappa shape index (κ1) is 18.3. The Bertz CT molecular complexity index is 967. The molecule has 1 saturated heterocycles. The summed E-state index contributed by atoms with van der Waals surface area (Å²) < 4.78 is 5.37. The van der Waals surface area contributed by atoms with Gasteiger partial charge in [-0.15, -0.1) is 0 Å². The number of halogens is 2. The molecule has 5 nitrogen and oxygen atoms in total. The molecule has 0 bridgehead atoms. The van der Waals surface area contributed by atoms with Crippen molar-refractivity contribution in [3.05, 3.63) is 63.0 Å². The highest BCUT2D eigenvalue weighted by atomic mass is 35.5. The Morgan fingerprint density at radius 1 is 1.23 bits per heavy atom. The van der Waals surface area contributed by atoms with E-state index in [1.807, 2.05) is 12.1 Å². The Hall–Kier alpha value is -2.46. The van der Waals surface area contributed by atoms with Crippen LogP contribution in [0.1, 0.15) is 5.56 Å². The van der Waals surface area contributed by atoms with Gasteiger partial charge in [-0.25, -0.2) is 4.99 Å². The Labute approximate surface area is 164 Å². The van der Waals surface area contributed by atoms with Crippen molar-refractivity contribution in [2.75, 3.05) is 6.61 Å². The molecule has 0 unspecified atom stereocenters. The number of nitrogens with one attached hydrogen (secondary N) is 1. The number of benzene rings is 2. The van der Waals surface area contributed by atoms with E-state index >= 15 is 0 Å². The molecule has 26 heavy (non-hydrogen) atoms. The molecule has 2 aromatic carbocycles. The van der Waals surface area contributed by atoms with Crippen LogP contribution in [0.5, 0.6) is 5.75 Å². The first-order valence-electron chi connectivity index (χ1n) is 7.41. The number of nitriles is 1. The molecule has 1 fully saturated rings. The molecule has 1 aliphatic rings. The van der Waals surface area contributed by atoms with Gasteiger partial charge in [-0.3, -0.25) is 4.79 Å². The fourth-order valence-corrected chi connectivity index (χ4v) is 3.31. The minimum atomic E-state index is -0.276. The summed E-state index contributed by atoms with van der Waals surface area (Å²) in [5.41, 5.74) is 1.17. The van der Waals surface area contributed by atoms with Crippen LogP contribution in [0.15, 0.2) is 52.4 Å². The van der Waals surface area contributed by atoms with Gasteiger partial charge in [0.2, 0.25) is 0 Å². The number of ether oxygens (including phenoxy) is 1. The summed E-state index contributed by atoms with van der Waals surface area (Å²) in [4.78, 5) is 17.0. The maximum atomic E-state index is 12.2. The molecule has 8 heteroatoms. The van der Waals surface area contributed by atoms with Crippen molar-refractivity contribution < 1.29 is 9.53 Å². The van der Waals surface area contributed by atoms with Crippen LogP contribution in [0, 0.1) is 11.3 Å². The van der Waals surface area contributed by atoms with Crippen LogP contribution >= 0.6 is 35.0 Å². The van der Waals surface area contributed by atoms with Gasteiger partial charge >= 0.3 is 0 Å². The highest BCUT2D eigenvalue weighted by molar-refractivity contribution is 8.18. The minimum Gasteiger partial charge on any atom is -0.478 e. The monoisotopic (exact) mass is 403 g/mol. The van der Waals surface area contributed by atoms with Gasteiger partial charge in [-0.05, 0) is 36.0 Å². The second kappa shape index (κ2) is 8.28. The Morgan fingerprint density at radius 2 is 2.04 bits per heavy atom. The number of hydrogen-bond donors (Lipinski definition) is 1. The summed E-state index contributed by atoms with van der Waals surface area (Å²) in [6, 6.07) is 14.2. The van der Waals surface area contributed by atoms with Gasteiger partial charge in [0.25, 0.3) is 5.91 Å². The van der Waals surface area contributed by atoms with E-state index in [0.29, 0.717) is 37.1 Å². The highest BCUT2D eigenvalue weighted by Crippen LogP contribution is 2.35. The predicted molar refractivity (Wildman–Crippen MR) is 105 cm³/mol. The van der Waals surface area contributed by atoms with Crippen LogP contribution in [0.3, 0.4) is 0 Å². The molecule has 130 valence electrons. The molecular weight excluding hydrogens is 393 g/mol. The van der Waals surface area contributed by atoms with Gasteiger partial charge < -0.3 is 10.1 Å². The smallest absolute Gasteiger partial charge is 0.264 e. The van der Waals surface area contributed by atoms with Crippen LogP contribution in [-0.2, 0) is 4.79 Å². The zero-order chi connectivity index (χ0) is 18.5. The molecule has 1 aliphatic heterocycles. The predicted octanol–water partition coefficient (Wildman–Crippen LogP) is 4.79. The van der Waals surface area contributed by atoms with E-state index in [0.717, 1.165) is 0 Å². The van der Waals surface area contributed by atoms with E-state index in [1.54, 1.807) is 42.5 Å². The first-order chi connectivity index (χ1) is 12.6. The lowest BCUT2D eigenvalue weighted by Crippen LogP contribution is -2.19. The third kappa shape index (κ3) is 4.20. The average molecular weight is 404 g/mol. The van der Waals surface area contributed by atoms with Crippen molar-refractivity contribution in [1.82, 2.24) is 5.32 Å². The minimum absolute atomic E-state index is 0.0699. The Kier molecular flexibility index (Phi) is 5.84. The van der Waals surface area contributed by atoms with Gasteiger partial charge in [0.15, 0.2) is 11.8 Å². The maximum Gasteiger partial charge on any atom is 0.264 e. The topological polar surface area (TPSA) is 74.5 Å². The number of thioether (sulfide) groups is 1. The third-order valence-corrected chi connectivity index (χ3v) is 5.02. The van der Waals surface area contributed by atoms with Crippen LogP contribution in [0.25, 0.3) is 6.08 Å². The SMILES string of the molecule is N#CCOc1ccccc1C=C1SC(=Nc2cccc(Cl)c2Cl)NC1=O. The zero-order valence-corrected chi connectivity index (χ0v) is 15.5. The molecule has 1 N–H and O–H groups in total. The van der Waals surface area contributed by atoms with Crippen LogP contribution in [-0.4, -0.2) is 17.7 Å². The van der Waals surface area contributed by atoms with Crippen molar-refractivity contribution in [3.8, 4) is 11.8 Å². The average Bonchev–Trinajstić information content (AvgIpc) is 2.97. The number of aliphatic imine (C=N–C) groups is 1. The molecule has 2 aromatic rings. The van der Waals surface area contributed by atoms with E-state index in [2.05, 4.69) is 10.3 Å². The molecule has 0 radical (unpaired) electrons. The lowest BCUT2D eigenvalue weighted by Gasteiger charge is -2.05. The number of amides is 1.